The van der Waals surface area contributed by atoms with E-state index in [1.54, 1.807) is 44.6 Å². The Morgan fingerprint density at radius 3 is 2.29 bits per heavy atom. The molecule has 0 bridgehead atoms. The molecule has 3 aromatic carbocycles. The number of para-hydroxylation sites is 2. The molecule has 1 aliphatic rings. The van der Waals surface area contributed by atoms with E-state index in [1.807, 2.05) is 47.4 Å². The van der Waals surface area contributed by atoms with Gasteiger partial charge in [-0.3, -0.25) is 9.59 Å². The number of carbonyl (C=O) groups is 2. The van der Waals surface area contributed by atoms with Gasteiger partial charge in [0.25, 0.3) is 11.8 Å². The molecule has 3 aromatic rings. The van der Waals surface area contributed by atoms with Crippen LogP contribution in [0.1, 0.15) is 41.6 Å². The molecular formula is C30H35N3O5. The number of hydrogen-bond acceptors (Lipinski definition) is 6. The summed E-state index contributed by atoms with van der Waals surface area (Å²) in [6, 6.07) is 22.1. The van der Waals surface area contributed by atoms with Crippen LogP contribution in [0.25, 0.3) is 0 Å². The van der Waals surface area contributed by atoms with Crippen molar-refractivity contribution in [3.63, 3.8) is 0 Å². The minimum atomic E-state index is -0.275. The zero-order chi connectivity index (χ0) is 26.9. The Hall–Kier alpha value is -4.04. The molecule has 0 radical (unpaired) electrons. The Labute approximate surface area is 223 Å². The number of benzene rings is 3. The fourth-order valence-corrected chi connectivity index (χ4v) is 4.73. The van der Waals surface area contributed by atoms with Crippen LogP contribution in [-0.2, 0) is 11.3 Å². The number of rotatable bonds is 10. The standard InChI is InChI=1S/C30H35N3O5/c1-36-27-17-12-21(18-28(27)37-2)30(35)33(24-15-13-23(31)14-16-24)19-22-8-6-7-11-26(22)32-29(34)20-38-25-9-4-3-5-10-25/h3-12,17-18,23-24H,13-16,19-20,31H2,1-2H3,(H,32,34). The lowest BCUT2D eigenvalue weighted by Gasteiger charge is -2.36. The highest BCUT2D eigenvalue weighted by atomic mass is 16.5. The van der Waals surface area contributed by atoms with Crippen molar-refractivity contribution < 1.29 is 23.8 Å². The third kappa shape index (κ3) is 6.83. The summed E-state index contributed by atoms with van der Waals surface area (Å²) in [6.07, 6.45) is 3.35. The first-order valence-corrected chi connectivity index (χ1v) is 12.8. The lowest BCUT2D eigenvalue weighted by molar-refractivity contribution is -0.118. The average molecular weight is 518 g/mol. The van der Waals surface area contributed by atoms with Crippen LogP contribution in [0.4, 0.5) is 5.69 Å². The molecule has 3 N–H and O–H groups in total. The fourth-order valence-electron chi connectivity index (χ4n) is 4.73. The minimum absolute atomic E-state index is 0.0283. The van der Waals surface area contributed by atoms with E-state index >= 15 is 0 Å². The number of hydrogen-bond donors (Lipinski definition) is 2. The zero-order valence-electron chi connectivity index (χ0n) is 21.9. The lowest BCUT2D eigenvalue weighted by atomic mass is 9.90. The van der Waals surface area contributed by atoms with Crippen molar-refractivity contribution >= 4 is 17.5 Å². The molecule has 2 amide bonds. The highest BCUT2D eigenvalue weighted by Crippen LogP contribution is 2.31. The van der Waals surface area contributed by atoms with E-state index in [1.165, 1.54) is 0 Å². The molecular weight excluding hydrogens is 482 g/mol. The third-order valence-corrected chi connectivity index (χ3v) is 6.82. The van der Waals surface area contributed by atoms with Crippen molar-refractivity contribution in [2.45, 2.75) is 44.3 Å². The minimum Gasteiger partial charge on any atom is -0.493 e. The van der Waals surface area contributed by atoms with Gasteiger partial charge in [0.15, 0.2) is 18.1 Å². The Kier molecular flexibility index (Phi) is 9.21. The molecule has 4 rings (SSSR count). The van der Waals surface area contributed by atoms with Crippen LogP contribution in [0.15, 0.2) is 72.8 Å². The van der Waals surface area contributed by atoms with Gasteiger partial charge in [-0.2, -0.15) is 0 Å². The lowest BCUT2D eigenvalue weighted by Crippen LogP contribution is -2.44. The van der Waals surface area contributed by atoms with Crippen molar-refractivity contribution in [2.75, 3.05) is 26.1 Å². The monoisotopic (exact) mass is 517 g/mol. The number of amides is 2. The van der Waals surface area contributed by atoms with E-state index in [4.69, 9.17) is 19.9 Å². The Morgan fingerprint density at radius 2 is 1.58 bits per heavy atom. The fraction of sp³-hybridized carbons (Fsp3) is 0.333. The molecule has 1 aliphatic carbocycles. The summed E-state index contributed by atoms with van der Waals surface area (Å²) in [5.74, 6) is 1.29. The van der Waals surface area contributed by atoms with Crippen molar-refractivity contribution in [1.29, 1.82) is 0 Å². The number of methoxy groups -OCH3 is 2. The number of nitrogens with two attached hydrogens (primary N) is 1. The molecule has 1 fully saturated rings. The molecule has 0 heterocycles. The molecule has 0 saturated heterocycles. The maximum atomic E-state index is 13.9. The first kappa shape index (κ1) is 27.0. The first-order valence-electron chi connectivity index (χ1n) is 12.8. The number of carbonyl (C=O) groups excluding carboxylic acids is 2. The summed E-state index contributed by atoms with van der Waals surface area (Å²) < 4.78 is 16.4. The average Bonchev–Trinajstić information content (AvgIpc) is 2.96. The molecule has 8 nitrogen and oxygen atoms in total. The Morgan fingerprint density at radius 1 is 0.895 bits per heavy atom. The van der Waals surface area contributed by atoms with Gasteiger partial charge in [-0.1, -0.05) is 36.4 Å². The van der Waals surface area contributed by atoms with Gasteiger partial charge < -0.3 is 30.2 Å². The second-order valence-electron chi connectivity index (χ2n) is 9.38. The first-order chi connectivity index (χ1) is 18.5. The summed E-state index contributed by atoms with van der Waals surface area (Å²) in [4.78, 5) is 28.5. The second kappa shape index (κ2) is 13.0. The van der Waals surface area contributed by atoms with E-state index in [0.717, 1.165) is 31.2 Å². The maximum Gasteiger partial charge on any atom is 0.262 e. The topological polar surface area (TPSA) is 103 Å². The predicted molar refractivity (Wildman–Crippen MR) is 147 cm³/mol. The van der Waals surface area contributed by atoms with Gasteiger partial charge in [-0.05, 0) is 67.6 Å². The smallest absolute Gasteiger partial charge is 0.262 e. The Balaban J connectivity index is 1.55. The molecule has 0 unspecified atom stereocenters. The summed E-state index contributed by atoms with van der Waals surface area (Å²) in [5.41, 5.74) is 8.15. The van der Waals surface area contributed by atoms with Crippen LogP contribution in [0.2, 0.25) is 0 Å². The van der Waals surface area contributed by atoms with Gasteiger partial charge in [-0.25, -0.2) is 0 Å². The van der Waals surface area contributed by atoms with Crippen LogP contribution >= 0.6 is 0 Å². The molecule has 200 valence electrons. The number of anilines is 1. The molecule has 0 aromatic heterocycles. The molecule has 0 atom stereocenters. The van der Waals surface area contributed by atoms with Crippen LogP contribution < -0.4 is 25.3 Å². The van der Waals surface area contributed by atoms with E-state index in [2.05, 4.69) is 5.32 Å². The van der Waals surface area contributed by atoms with Crippen molar-refractivity contribution in [1.82, 2.24) is 4.90 Å². The van der Waals surface area contributed by atoms with E-state index in [9.17, 15) is 9.59 Å². The van der Waals surface area contributed by atoms with Crippen LogP contribution in [0.5, 0.6) is 17.2 Å². The van der Waals surface area contributed by atoms with E-state index in [-0.39, 0.29) is 30.5 Å². The summed E-state index contributed by atoms with van der Waals surface area (Å²) >= 11 is 0. The molecule has 38 heavy (non-hydrogen) atoms. The van der Waals surface area contributed by atoms with Crippen molar-refractivity contribution in [3.05, 3.63) is 83.9 Å². The van der Waals surface area contributed by atoms with Crippen LogP contribution in [0.3, 0.4) is 0 Å². The normalized spacial score (nSPS) is 16.8. The highest BCUT2D eigenvalue weighted by Gasteiger charge is 2.29. The van der Waals surface area contributed by atoms with Crippen LogP contribution in [-0.4, -0.2) is 49.6 Å². The Bertz CT molecular complexity index is 1230. The van der Waals surface area contributed by atoms with Crippen molar-refractivity contribution in [3.8, 4) is 17.2 Å². The number of nitrogens with one attached hydrogen (secondary N) is 1. The zero-order valence-corrected chi connectivity index (χ0v) is 21.9. The quantitative estimate of drug-likeness (QED) is 0.406. The molecule has 0 spiro atoms. The SMILES string of the molecule is COc1ccc(C(=O)N(Cc2ccccc2NC(=O)COc2ccccc2)C2CCC(N)CC2)cc1OC. The van der Waals surface area contributed by atoms with E-state index < -0.39 is 0 Å². The summed E-state index contributed by atoms with van der Waals surface area (Å²) in [6.45, 7) is 0.218. The van der Waals surface area contributed by atoms with Gasteiger partial charge >= 0.3 is 0 Å². The molecule has 8 heteroatoms. The van der Waals surface area contributed by atoms with Crippen molar-refractivity contribution in [2.24, 2.45) is 5.73 Å². The van der Waals surface area contributed by atoms with Gasteiger partial charge in [0.1, 0.15) is 5.75 Å². The van der Waals surface area contributed by atoms with Gasteiger partial charge in [-0.15, -0.1) is 0 Å². The number of ether oxygens (including phenoxy) is 3. The summed E-state index contributed by atoms with van der Waals surface area (Å²) in [5, 5.41) is 2.95. The van der Waals surface area contributed by atoms with E-state index in [0.29, 0.717) is 35.0 Å². The summed E-state index contributed by atoms with van der Waals surface area (Å²) in [7, 11) is 3.11. The van der Waals surface area contributed by atoms with Gasteiger partial charge in [0.05, 0.1) is 14.2 Å². The number of nitrogens with zero attached hydrogens (tertiary/aromatic N) is 1. The molecule has 0 aliphatic heterocycles. The van der Waals surface area contributed by atoms with Crippen LogP contribution in [0, 0.1) is 0 Å². The third-order valence-electron chi connectivity index (χ3n) is 6.82. The largest absolute Gasteiger partial charge is 0.493 e. The van der Waals surface area contributed by atoms with Gasteiger partial charge in [0.2, 0.25) is 0 Å². The predicted octanol–water partition coefficient (Wildman–Crippen LogP) is 4.63. The molecule has 1 saturated carbocycles. The maximum absolute atomic E-state index is 13.9. The second-order valence-corrected chi connectivity index (χ2v) is 9.38. The highest BCUT2D eigenvalue weighted by molar-refractivity contribution is 5.96. The van der Waals surface area contributed by atoms with Gasteiger partial charge in [0, 0.05) is 29.9 Å².